The van der Waals surface area contributed by atoms with Crippen molar-refractivity contribution in [3.63, 3.8) is 0 Å². The number of phenols is 1. The molecule has 0 aromatic heterocycles. The minimum Gasteiger partial charge on any atom is -0.506 e. The largest absolute Gasteiger partial charge is 0.506 e. The molecule has 1 aromatic rings. The van der Waals surface area contributed by atoms with Crippen LogP contribution in [0.15, 0.2) is 16.6 Å². The van der Waals surface area contributed by atoms with E-state index in [0.717, 1.165) is 10.0 Å². The topological polar surface area (TPSA) is 40.5 Å². The minimum atomic E-state index is 0.0170. The summed E-state index contributed by atoms with van der Waals surface area (Å²) in [4.78, 5) is 12.8. The Morgan fingerprint density at radius 1 is 1.54 bits per heavy atom. The molecule has 3 nitrogen and oxygen atoms in total. The van der Waals surface area contributed by atoms with E-state index in [1.807, 2.05) is 6.07 Å². The van der Waals surface area contributed by atoms with Gasteiger partial charge in [-0.3, -0.25) is 4.79 Å². The highest BCUT2D eigenvalue weighted by Gasteiger charge is 2.27. The molecular formula is C9H8BrNO2. The molecule has 13 heavy (non-hydrogen) atoms. The van der Waals surface area contributed by atoms with Crippen LogP contribution in [0.2, 0.25) is 0 Å². The molecule has 1 aliphatic rings. The summed E-state index contributed by atoms with van der Waals surface area (Å²) in [5.41, 5.74) is 1.51. The number of phenolic OH excluding ortho intramolecular Hbond substituents is 1. The maximum Gasteiger partial charge on any atom is 0.231 e. The van der Waals surface area contributed by atoms with E-state index in [4.69, 9.17) is 0 Å². The predicted molar refractivity (Wildman–Crippen MR) is 52.9 cm³/mol. The van der Waals surface area contributed by atoms with Crippen LogP contribution in [0.1, 0.15) is 5.56 Å². The Kier molecular flexibility index (Phi) is 1.80. The zero-order valence-corrected chi connectivity index (χ0v) is 8.63. The minimum absolute atomic E-state index is 0.0170. The molecule has 0 spiro atoms. The maximum atomic E-state index is 11.3. The number of aromatic hydroxyl groups is 1. The molecular weight excluding hydrogens is 234 g/mol. The standard InChI is InChI=1S/C9H8BrNO2/c1-11-8(13)3-5-2-6(10)4-7(12)9(5)11/h2,4,12H,3H2,1H3. The van der Waals surface area contributed by atoms with Gasteiger partial charge in [-0.2, -0.15) is 0 Å². The van der Waals surface area contributed by atoms with Crippen LogP contribution in [-0.2, 0) is 11.2 Å². The highest BCUT2D eigenvalue weighted by Crippen LogP contribution is 2.38. The van der Waals surface area contributed by atoms with Gasteiger partial charge in [0.25, 0.3) is 0 Å². The average Bonchev–Trinajstić information content (AvgIpc) is 2.27. The Hall–Kier alpha value is -1.03. The molecule has 0 atom stereocenters. The van der Waals surface area contributed by atoms with E-state index in [1.54, 1.807) is 13.1 Å². The van der Waals surface area contributed by atoms with E-state index in [-0.39, 0.29) is 11.7 Å². The van der Waals surface area contributed by atoms with Crippen molar-refractivity contribution in [3.05, 3.63) is 22.2 Å². The van der Waals surface area contributed by atoms with Gasteiger partial charge in [0.15, 0.2) is 0 Å². The van der Waals surface area contributed by atoms with Gasteiger partial charge in [-0.15, -0.1) is 0 Å². The number of carbonyl (C=O) groups is 1. The fraction of sp³-hybridized carbons (Fsp3) is 0.222. The van der Waals surface area contributed by atoms with Crippen LogP contribution < -0.4 is 4.90 Å². The van der Waals surface area contributed by atoms with E-state index in [2.05, 4.69) is 15.9 Å². The van der Waals surface area contributed by atoms with Gasteiger partial charge in [-0.1, -0.05) is 15.9 Å². The summed E-state index contributed by atoms with van der Waals surface area (Å²) in [5, 5.41) is 9.58. The average molecular weight is 242 g/mol. The van der Waals surface area contributed by atoms with Crippen molar-refractivity contribution in [1.82, 2.24) is 0 Å². The van der Waals surface area contributed by atoms with E-state index in [9.17, 15) is 9.90 Å². The van der Waals surface area contributed by atoms with Gasteiger partial charge in [0.1, 0.15) is 5.75 Å². The number of likely N-dealkylation sites (N-methyl/N-ethyl adjacent to an activating group) is 1. The monoisotopic (exact) mass is 241 g/mol. The summed E-state index contributed by atoms with van der Waals surface area (Å²) in [7, 11) is 1.67. The summed E-state index contributed by atoms with van der Waals surface area (Å²) in [5.74, 6) is 0.168. The molecule has 4 heteroatoms. The number of fused-ring (bicyclic) bond motifs is 1. The first-order chi connectivity index (χ1) is 6.09. The van der Waals surface area contributed by atoms with E-state index < -0.39 is 0 Å². The third kappa shape index (κ3) is 1.21. The smallest absolute Gasteiger partial charge is 0.231 e. The van der Waals surface area contributed by atoms with Gasteiger partial charge in [-0.25, -0.2) is 0 Å². The number of amides is 1. The highest BCUT2D eigenvalue weighted by atomic mass is 79.9. The fourth-order valence-electron chi connectivity index (χ4n) is 1.57. The zero-order valence-electron chi connectivity index (χ0n) is 7.04. The number of carbonyl (C=O) groups excluding carboxylic acids is 1. The molecule has 0 bridgehead atoms. The lowest BCUT2D eigenvalue weighted by atomic mass is 10.1. The van der Waals surface area contributed by atoms with Gasteiger partial charge in [-0.05, 0) is 17.7 Å². The Morgan fingerprint density at radius 3 is 2.92 bits per heavy atom. The van der Waals surface area contributed by atoms with Gasteiger partial charge in [0.2, 0.25) is 5.91 Å². The maximum absolute atomic E-state index is 11.3. The first kappa shape index (κ1) is 8.56. The van der Waals surface area contributed by atoms with Crippen LogP contribution in [0.5, 0.6) is 5.75 Å². The van der Waals surface area contributed by atoms with Gasteiger partial charge >= 0.3 is 0 Å². The second-order valence-electron chi connectivity index (χ2n) is 3.06. The number of hydrogen-bond acceptors (Lipinski definition) is 2. The summed E-state index contributed by atoms with van der Waals surface area (Å²) >= 11 is 3.27. The molecule has 1 aromatic carbocycles. The first-order valence-electron chi connectivity index (χ1n) is 3.87. The Labute approximate surface area is 84.1 Å². The summed E-state index contributed by atoms with van der Waals surface area (Å²) in [6.45, 7) is 0. The van der Waals surface area contributed by atoms with Crippen LogP contribution in [-0.4, -0.2) is 18.1 Å². The third-order valence-electron chi connectivity index (χ3n) is 2.18. The van der Waals surface area contributed by atoms with Crippen LogP contribution in [0.3, 0.4) is 0 Å². The molecule has 2 rings (SSSR count). The second-order valence-corrected chi connectivity index (χ2v) is 3.98. The van der Waals surface area contributed by atoms with Crippen molar-refractivity contribution in [2.45, 2.75) is 6.42 Å². The molecule has 0 unspecified atom stereocenters. The van der Waals surface area contributed by atoms with Gasteiger partial charge < -0.3 is 10.0 Å². The van der Waals surface area contributed by atoms with E-state index in [1.165, 1.54) is 4.90 Å². The Balaban J connectivity index is 2.64. The molecule has 68 valence electrons. The van der Waals surface area contributed by atoms with Gasteiger partial charge in [0.05, 0.1) is 12.1 Å². The molecule has 1 heterocycles. The molecule has 1 N–H and O–H groups in total. The third-order valence-corrected chi connectivity index (χ3v) is 2.64. The van der Waals surface area contributed by atoms with E-state index >= 15 is 0 Å². The lowest BCUT2D eigenvalue weighted by Crippen LogP contribution is -2.20. The normalized spacial score (nSPS) is 14.9. The summed E-state index contributed by atoms with van der Waals surface area (Å²) < 4.78 is 0.798. The van der Waals surface area contributed by atoms with Crippen LogP contribution in [0.4, 0.5) is 5.69 Å². The van der Waals surface area contributed by atoms with Crippen LogP contribution in [0, 0.1) is 0 Å². The van der Waals surface area contributed by atoms with Crippen LogP contribution >= 0.6 is 15.9 Å². The molecule has 0 aliphatic carbocycles. The quantitative estimate of drug-likeness (QED) is 0.751. The van der Waals surface area contributed by atoms with Crippen molar-refractivity contribution in [3.8, 4) is 5.75 Å². The van der Waals surface area contributed by atoms with Crippen molar-refractivity contribution >= 4 is 27.5 Å². The Morgan fingerprint density at radius 2 is 2.23 bits per heavy atom. The molecule has 0 saturated carbocycles. The number of nitrogens with zero attached hydrogens (tertiary/aromatic N) is 1. The lowest BCUT2D eigenvalue weighted by molar-refractivity contribution is -0.117. The predicted octanol–water partition coefficient (Wildman–Crippen LogP) is 1.67. The number of benzene rings is 1. The van der Waals surface area contributed by atoms with Crippen molar-refractivity contribution in [1.29, 1.82) is 0 Å². The van der Waals surface area contributed by atoms with Crippen LogP contribution in [0.25, 0.3) is 0 Å². The number of hydrogen-bond donors (Lipinski definition) is 1. The van der Waals surface area contributed by atoms with Gasteiger partial charge in [0, 0.05) is 11.5 Å². The SMILES string of the molecule is CN1C(=O)Cc2cc(Br)cc(O)c21. The molecule has 1 amide bonds. The number of rotatable bonds is 0. The highest BCUT2D eigenvalue weighted by molar-refractivity contribution is 9.10. The van der Waals surface area contributed by atoms with Crippen molar-refractivity contribution in [2.24, 2.45) is 0 Å². The summed E-state index contributed by atoms with van der Waals surface area (Å²) in [6.07, 6.45) is 0.374. The molecule has 0 saturated heterocycles. The summed E-state index contributed by atoms with van der Waals surface area (Å²) in [6, 6.07) is 3.45. The Bertz CT molecular complexity index is 389. The molecule has 0 radical (unpaired) electrons. The van der Waals surface area contributed by atoms with Crippen molar-refractivity contribution in [2.75, 3.05) is 11.9 Å². The molecule has 1 aliphatic heterocycles. The van der Waals surface area contributed by atoms with E-state index in [0.29, 0.717) is 12.1 Å². The lowest BCUT2D eigenvalue weighted by Gasteiger charge is -2.11. The first-order valence-corrected chi connectivity index (χ1v) is 4.67. The fourth-order valence-corrected chi connectivity index (χ4v) is 2.06. The van der Waals surface area contributed by atoms with Crippen molar-refractivity contribution < 1.29 is 9.90 Å². The number of halogens is 1. The zero-order chi connectivity index (χ0) is 9.59. The second kappa shape index (κ2) is 2.73. The number of anilines is 1. The molecule has 0 fully saturated rings.